The Balaban J connectivity index is 1.97. The molecule has 1 atom stereocenters. The van der Waals surface area contributed by atoms with E-state index in [2.05, 4.69) is 15.6 Å². The molecule has 2 rings (SSSR count). The summed E-state index contributed by atoms with van der Waals surface area (Å²) in [6.45, 7) is 5.03. The first-order chi connectivity index (χ1) is 11.6. The van der Waals surface area contributed by atoms with Crippen LogP contribution in [0.3, 0.4) is 0 Å². The molecule has 132 valence electrons. The van der Waals surface area contributed by atoms with Crippen LogP contribution in [0.1, 0.15) is 36.5 Å². The van der Waals surface area contributed by atoms with Crippen molar-refractivity contribution >= 4 is 23.6 Å². The number of aromatic nitrogens is 1. The highest BCUT2D eigenvalue weighted by Gasteiger charge is 2.25. The molecule has 1 unspecified atom stereocenters. The fraction of sp³-hybridized carbons (Fsp3) is 0.588. The molecule has 1 aromatic rings. The van der Waals surface area contributed by atoms with Gasteiger partial charge < -0.3 is 15.5 Å². The fourth-order valence-electron chi connectivity index (χ4n) is 2.63. The van der Waals surface area contributed by atoms with Crippen molar-refractivity contribution in [1.29, 1.82) is 0 Å². The van der Waals surface area contributed by atoms with E-state index in [1.54, 1.807) is 18.3 Å². The van der Waals surface area contributed by atoms with Gasteiger partial charge in [0.1, 0.15) is 5.03 Å². The molecule has 0 aromatic carbocycles. The molecule has 24 heavy (non-hydrogen) atoms. The molecule has 2 amide bonds. The highest BCUT2D eigenvalue weighted by Crippen LogP contribution is 2.26. The quantitative estimate of drug-likeness (QED) is 0.549. The molecule has 1 saturated heterocycles. The molecule has 1 aliphatic heterocycles. The molecular formula is C17H26N4O2S. The third kappa shape index (κ3) is 5.21. The van der Waals surface area contributed by atoms with E-state index < -0.39 is 0 Å². The Hall–Kier alpha value is -1.60. The van der Waals surface area contributed by atoms with Crippen LogP contribution in [0.25, 0.3) is 0 Å². The number of rotatable bonds is 8. The summed E-state index contributed by atoms with van der Waals surface area (Å²) < 4.78 is 0. The molecule has 1 aromatic heterocycles. The van der Waals surface area contributed by atoms with Crippen LogP contribution < -0.4 is 10.6 Å². The summed E-state index contributed by atoms with van der Waals surface area (Å²) in [6, 6.07) is 3.51. The number of nitrogens with one attached hydrogen (secondary N) is 2. The van der Waals surface area contributed by atoms with Gasteiger partial charge in [-0.05, 0) is 51.9 Å². The minimum Gasteiger partial charge on any atom is -0.352 e. The van der Waals surface area contributed by atoms with Crippen LogP contribution in [0.15, 0.2) is 23.4 Å². The van der Waals surface area contributed by atoms with Gasteiger partial charge in [-0.15, -0.1) is 0 Å². The number of hydrogen-bond acceptors (Lipinski definition) is 5. The van der Waals surface area contributed by atoms with Crippen molar-refractivity contribution in [3.8, 4) is 0 Å². The standard InChI is InChI=1S/C17H26N4O2S/c1-13(17(23)21-11-3-4-12-21)24-16-14(7-5-9-20-16)15(22)19-10-6-8-18-2/h5,7,9,13,18H,3-4,6,8,10-12H2,1-2H3,(H,19,22). The van der Waals surface area contributed by atoms with Crippen LogP contribution in [0, 0.1) is 0 Å². The van der Waals surface area contributed by atoms with Gasteiger partial charge in [-0.1, -0.05) is 11.8 Å². The zero-order valence-corrected chi connectivity index (χ0v) is 15.2. The maximum Gasteiger partial charge on any atom is 0.254 e. The van der Waals surface area contributed by atoms with Crippen LogP contribution in [-0.4, -0.2) is 60.2 Å². The van der Waals surface area contributed by atoms with Crippen molar-refractivity contribution in [3.63, 3.8) is 0 Å². The Bertz CT molecular complexity index is 561. The van der Waals surface area contributed by atoms with E-state index in [0.717, 1.165) is 38.9 Å². The maximum atomic E-state index is 12.4. The van der Waals surface area contributed by atoms with Gasteiger partial charge in [0.2, 0.25) is 5.91 Å². The first-order valence-corrected chi connectivity index (χ1v) is 9.34. The fourth-order valence-corrected chi connectivity index (χ4v) is 3.63. The summed E-state index contributed by atoms with van der Waals surface area (Å²) in [7, 11) is 1.89. The third-order valence-corrected chi connectivity index (χ3v) is 5.06. The Morgan fingerprint density at radius 2 is 2.08 bits per heavy atom. The van der Waals surface area contributed by atoms with Gasteiger partial charge in [0.15, 0.2) is 0 Å². The number of carbonyl (C=O) groups excluding carboxylic acids is 2. The number of thioether (sulfide) groups is 1. The smallest absolute Gasteiger partial charge is 0.254 e. The van der Waals surface area contributed by atoms with E-state index >= 15 is 0 Å². The van der Waals surface area contributed by atoms with Gasteiger partial charge in [0.25, 0.3) is 5.91 Å². The van der Waals surface area contributed by atoms with Gasteiger partial charge in [-0.2, -0.15) is 0 Å². The van der Waals surface area contributed by atoms with Crippen molar-refractivity contribution < 1.29 is 9.59 Å². The Kier molecular flexibility index (Phi) is 7.52. The van der Waals surface area contributed by atoms with E-state index in [4.69, 9.17) is 0 Å². The van der Waals surface area contributed by atoms with Gasteiger partial charge in [0.05, 0.1) is 10.8 Å². The van der Waals surface area contributed by atoms with Crippen molar-refractivity contribution in [2.45, 2.75) is 36.5 Å². The summed E-state index contributed by atoms with van der Waals surface area (Å²) in [4.78, 5) is 31.0. The predicted molar refractivity (Wildman–Crippen MR) is 96.2 cm³/mol. The molecule has 0 bridgehead atoms. The Labute approximate surface area is 147 Å². The number of carbonyl (C=O) groups is 2. The third-order valence-electron chi connectivity index (χ3n) is 3.96. The van der Waals surface area contributed by atoms with Crippen LogP contribution >= 0.6 is 11.8 Å². The van der Waals surface area contributed by atoms with E-state index in [0.29, 0.717) is 17.1 Å². The minimum absolute atomic E-state index is 0.128. The van der Waals surface area contributed by atoms with Crippen LogP contribution in [0.4, 0.5) is 0 Å². The van der Waals surface area contributed by atoms with Crippen molar-refractivity contribution in [2.75, 3.05) is 33.2 Å². The largest absolute Gasteiger partial charge is 0.352 e. The second kappa shape index (κ2) is 9.64. The number of amides is 2. The van der Waals surface area contributed by atoms with E-state index in [1.807, 2.05) is 18.9 Å². The van der Waals surface area contributed by atoms with Crippen LogP contribution in [0.5, 0.6) is 0 Å². The summed E-state index contributed by atoms with van der Waals surface area (Å²) in [5, 5.41) is 6.32. The van der Waals surface area contributed by atoms with E-state index in [1.165, 1.54) is 11.8 Å². The maximum absolute atomic E-state index is 12.4. The molecule has 7 heteroatoms. The normalized spacial score (nSPS) is 15.3. The lowest BCUT2D eigenvalue weighted by atomic mass is 10.2. The van der Waals surface area contributed by atoms with Crippen molar-refractivity contribution in [2.24, 2.45) is 0 Å². The SMILES string of the molecule is CNCCCNC(=O)c1cccnc1SC(C)C(=O)N1CCCC1. The molecule has 0 radical (unpaired) electrons. The molecule has 0 aliphatic carbocycles. The molecular weight excluding hydrogens is 324 g/mol. The number of pyridine rings is 1. The zero-order chi connectivity index (χ0) is 17.4. The van der Waals surface area contributed by atoms with E-state index in [9.17, 15) is 9.59 Å². The first-order valence-electron chi connectivity index (χ1n) is 8.46. The van der Waals surface area contributed by atoms with Crippen LogP contribution in [-0.2, 0) is 4.79 Å². The molecule has 6 nitrogen and oxygen atoms in total. The summed E-state index contributed by atoms with van der Waals surface area (Å²) in [5.41, 5.74) is 0.535. The molecule has 0 saturated carbocycles. The highest BCUT2D eigenvalue weighted by molar-refractivity contribution is 8.00. The summed E-state index contributed by atoms with van der Waals surface area (Å²) in [5.74, 6) is -0.00828. The topological polar surface area (TPSA) is 74.3 Å². The molecule has 1 fully saturated rings. The molecule has 0 spiro atoms. The monoisotopic (exact) mass is 350 g/mol. The molecule has 1 aliphatic rings. The lowest BCUT2D eigenvalue weighted by Crippen LogP contribution is -2.34. The zero-order valence-electron chi connectivity index (χ0n) is 14.4. The number of likely N-dealkylation sites (tertiary alicyclic amines) is 1. The summed E-state index contributed by atoms with van der Waals surface area (Å²) in [6.07, 6.45) is 4.68. The lowest BCUT2D eigenvalue weighted by molar-refractivity contribution is -0.129. The van der Waals surface area contributed by atoms with E-state index in [-0.39, 0.29) is 17.1 Å². The average molecular weight is 350 g/mol. The van der Waals surface area contributed by atoms with Crippen LogP contribution in [0.2, 0.25) is 0 Å². The average Bonchev–Trinajstić information content (AvgIpc) is 3.13. The molecule has 2 heterocycles. The number of hydrogen-bond donors (Lipinski definition) is 2. The van der Waals surface area contributed by atoms with Gasteiger partial charge in [-0.3, -0.25) is 9.59 Å². The van der Waals surface area contributed by atoms with Gasteiger partial charge in [-0.25, -0.2) is 4.98 Å². The summed E-state index contributed by atoms with van der Waals surface area (Å²) >= 11 is 1.36. The second-order valence-corrected chi connectivity index (χ2v) is 7.19. The Morgan fingerprint density at radius 1 is 1.33 bits per heavy atom. The second-order valence-electron chi connectivity index (χ2n) is 5.86. The minimum atomic E-state index is -0.242. The highest BCUT2D eigenvalue weighted by atomic mass is 32.2. The van der Waals surface area contributed by atoms with Gasteiger partial charge >= 0.3 is 0 Å². The molecule has 2 N–H and O–H groups in total. The number of nitrogens with zero attached hydrogens (tertiary/aromatic N) is 2. The lowest BCUT2D eigenvalue weighted by Gasteiger charge is -2.20. The van der Waals surface area contributed by atoms with Gasteiger partial charge in [0, 0.05) is 25.8 Å². The Morgan fingerprint density at radius 3 is 2.79 bits per heavy atom. The predicted octanol–water partition coefficient (Wildman–Crippen LogP) is 1.52. The first kappa shape index (κ1) is 18.7. The van der Waals surface area contributed by atoms with Crippen molar-refractivity contribution in [1.82, 2.24) is 20.5 Å². The van der Waals surface area contributed by atoms with Crippen molar-refractivity contribution in [3.05, 3.63) is 23.9 Å².